The van der Waals surface area contributed by atoms with Crippen LogP contribution in [0.3, 0.4) is 0 Å². The smallest absolute Gasteiger partial charge is 0.246 e. The van der Waals surface area contributed by atoms with Crippen molar-refractivity contribution in [3.8, 4) is 0 Å². The summed E-state index contributed by atoms with van der Waals surface area (Å²) in [6, 6.07) is -0.568. The number of sulfone groups is 1. The van der Waals surface area contributed by atoms with Gasteiger partial charge in [0.25, 0.3) is 0 Å². The molecule has 7 heteroatoms. The van der Waals surface area contributed by atoms with E-state index in [1.807, 2.05) is 20.8 Å². The van der Waals surface area contributed by atoms with Gasteiger partial charge in [0.2, 0.25) is 11.8 Å². The maximum absolute atomic E-state index is 12.7. The molecule has 0 spiro atoms. The number of amides is 2. The van der Waals surface area contributed by atoms with Crippen molar-refractivity contribution < 1.29 is 18.0 Å². The highest BCUT2D eigenvalue weighted by Crippen LogP contribution is 2.27. The van der Waals surface area contributed by atoms with Gasteiger partial charge in [-0.25, -0.2) is 8.42 Å². The quantitative estimate of drug-likeness (QED) is 0.776. The molecule has 3 unspecified atom stereocenters. The molecule has 21 heavy (non-hydrogen) atoms. The van der Waals surface area contributed by atoms with Gasteiger partial charge in [-0.3, -0.25) is 9.59 Å². The highest BCUT2D eigenvalue weighted by atomic mass is 32.2. The molecule has 1 aliphatic heterocycles. The minimum absolute atomic E-state index is 0.0172. The molecule has 3 atom stereocenters. The van der Waals surface area contributed by atoms with Crippen LogP contribution in [0.25, 0.3) is 0 Å². The fourth-order valence-electron chi connectivity index (χ4n) is 2.48. The van der Waals surface area contributed by atoms with Gasteiger partial charge < -0.3 is 10.2 Å². The van der Waals surface area contributed by atoms with Gasteiger partial charge in [0.1, 0.15) is 21.4 Å². The molecule has 0 aromatic carbocycles. The molecule has 1 heterocycles. The van der Waals surface area contributed by atoms with Crippen LogP contribution >= 0.6 is 0 Å². The van der Waals surface area contributed by atoms with Crippen molar-refractivity contribution in [3.05, 3.63) is 0 Å². The second kappa shape index (κ2) is 6.34. The first kappa shape index (κ1) is 17.9. The molecule has 2 amide bonds. The Morgan fingerprint density at radius 1 is 1.33 bits per heavy atom. The van der Waals surface area contributed by atoms with Crippen molar-refractivity contribution in [1.29, 1.82) is 0 Å². The van der Waals surface area contributed by atoms with Crippen molar-refractivity contribution in [3.63, 3.8) is 0 Å². The number of nitrogens with zero attached hydrogens (tertiary/aromatic N) is 1. The van der Waals surface area contributed by atoms with E-state index in [2.05, 4.69) is 5.32 Å². The van der Waals surface area contributed by atoms with E-state index in [-0.39, 0.29) is 30.0 Å². The van der Waals surface area contributed by atoms with Crippen LogP contribution in [0, 0.1) is 5.92 Å². The third-order valence-electron chi connectivity index (χ3n) is 4.49. The van der Waals surface area contributed by atoms with Crippen LogP contribution < -0.4 is 5.32 Å². The SMILES string of the molecule is CCC(C)C1NC(=O)C(C)(CC)N(CCS(C)(=O)=O)C1=O. The van der Waals surface area contributed by atoms with Crippen LogP contribution in [0.2, 0.25) is 0 Å². The van der Waals surface area contributed by atoms with Crippen LogP contribution in [0.15, 0.2) is 0 Å². The fourth-order valence-corrected chi connectivity index (χ4v) is 2.99. The summed E-state index contributed by atoms with van der Waals surface area (Å²) in [5.74, 6) is -0.501. The van der Waals surface area contributed by atoms with E-state index in [0.29, 0.717) is 6.42 Å². The molecule has 1 fully saturated rings. The number of piperazine rings is 1. The predicted octanol–water partition coefficient (Wildman–Crippen LogP) is 0.573. The molecule has 0 aromatic heterocycles. The zero-order valence-corrected chi connectivity index (χ0v) is 14.3. The number of carbonyl (C=O) groups is 2. The Bertz CT molecular complexity index is 517. The summed E-state index contributed by atoms with van der Waals surface area (Å²) in [5, 5.41) is 2.81. The Morgan fingerprint density at radius 2 is 1.90 bits per heavy atom. The Morgan fingerprint density at radius 3 is 2.33 bits per heavy atom. The van der Waals surface area contributed by atoms with Crippen molar-refractivity contribution in [1.82, 2.24) is 10.2 Å². The Labute approximate surface area is 127 Å². The van der Waals surface area contributed by atoms with E-state index in [0.717, 1.165) is 12.7 Å². The number of hydrogen-bond acceptors (Lipinski definition) is 4. The highest BCUT2D eigenvalue weighted by molar-refractivity contribution is 7.90. The lowest BCUT2D eigenvalue weighted by Gasteiger charge is -2.47. The van der Waals surface area contributed by atoms with E-state index in [9.17, 15) is 18.0 Å². The van der Waals surface area contributed by atoms with Gasteiger partial charge in [0.05, 0.1) is 5.75 Å². The number of rotatable bonds is 6. The summed E-state index contributed by atoms with van der Waals surface area (Å²) in [7, 11) is -3.19. The van der Waals surface area contributed by atoms with Gasteiger partial charge in [-0.05, 0) is 19.3 Å². The van der Waals surface area contributed by atoms with Crippen LogP contribution in [-0.4, -0.2) is 55.3 Å². The van der Waals surface area contributed by atoms with E-state index in [4.69, 9.17) is 0 Å². The average Bonchev–Trinajstić information content (AvgIpc) is 2.40. The molecule has 1 aliphatic rings. The molecule has 0 bridgehead atoms. The van der Waals surface area contributed by atoms with Crippen LogP contribution in [0.5, 0.6) is 0 Å². The maximum Gasteiger partial charge on any atom is 0.246 e. The molecule has 1 saturated heterocycles. The zero-order chi connectivity index (χ0) is 16.4. The monoisotopic (exact) mass is 318 g/mol. The van der Waals surface area contributed by atoms with Gasteiger partial charge in [-0.1, -0.05) is 27.2 Å². The van der Waals surface area contributed by atoms with Crippen molar-refractivity contribution in [2.75, 3.05) is 18.6 Å². The number of hydrogen-bond donors (Lipinski definition) is 1. The molecule has 0 aromatic rings. The van der Waals surface area contributed by atoms with Crippen LogP contribution in [0.1, 0.15) is 40.5 Å². The van der Waals surface area contributed by atoms with Gasteiger partial charge in [-0.15, -0.1) is 0 Å². The zero-order valence-electron chi connectivity index (χ0n) is 13.5. The van der Waals surface area contributed by atoms with Gasteiger partial charge >= 0.3 is 0 Å². The van der Waals surface area contributed by atoms with E-state index in [1.165, 1.54) is 4.90 Å². The lowest BCUT2D eigenvalue weighted by Crippen LogP contribution is -2.70. The Balaban J connectivity index is 3.10. The Kier molecular flexibility index (Phi) is 5.41. The fraction of sp³-hybridized carbons (Fsp3) is 0.857. The number of nitrogens with one attached hydrogen (secondary N) is 1. The molecular formula is C14H26N2O4S. The molecule has 6 nitrogen and oxygen atoms in total. The first-order valence-electron chi connectivity index (χ1n) is 7.37. The lowest BCUT2D eigenvalue weighted by atomic mass is 9.86. The predicted molar refractivity (Wildman–Crippen MR) is 81.5 cm³/mol. The lowest BCUT2D eigenvalue weighted by molar-refractivity contribution is -0.157. The molecule has 0 aliphatic carbocycles. The second-order valence-electron chi connectivity index (χ2n) is 6.08. The van der Waals surface area contributed by atoms with Crippen molar-refractivity contribution in [2.45, 2.75) is 52.1 Å². The van der Waals surface area contributed by atoms with Crippen LogP contribution in [0.4, 0.5) is 0 Å². The summed E-state index contributed by atoms with van der Waals surface area (Å²) in [4.78, 5) is 26.5. The first-order valence-corrected chi connectivity index (χ1v) is 9.43. The molecule has 122 valence electrons. The standard InChI is InChI=1S/C14H26N2O4S/c1-6-10(3)11-12(17)16(8-9-21(5,19)20)14(4,7-2)13(18)15-11/h10-11H,6-9H2,1-5H3,(H,15,18). The number of carbonyl (C=O) groups excluding carboxylic acids is 2. The van der Waals surface area contributed by atoms with Gasteiger partial charge in [0, 0.05) is 12.8 Å². The second-order valence-corrected chi connectivity index (χ2v) is 8.34. The van der Waals surface area contributed by atoms with Gasteiger partial charge in [-0.2, -0.15) is 0 Å². The summed E-state index contributed by atoms with van der Waals surface area (Å²) in [5.41, 5.74) is -0.980. The minimum atomic E-state index is -3.19. The highest BCUT2D eigenvalue weighted by Gasteiger charge is 2.49. The summed E-state index contributed by atoms with van der Waals surface area (Å²) < 4.78 is 22.8. The van der Waals surface area contributed by atoms with Gasteiger partial charge in [0.15, 0.2) is 0 Å². The van der Waals surface area contributed by atoms with Crippen molar-refractivity contribution in [2.24, 2.45) is 5.92 Å². The molecule has 1 rings (SSSR count). The third-order valence-corrected chi connectivity index (χ3v) is 5.41. The Hall–Kier alpha value is -1.11. The summed E-state index contributed by atoms with van der Waals surface area (Å²) >= 11 is 0. The van der Waals surface area contributed by atoms with E-state index >= 15 is 0 Å². The third kappa shape index (κ3) is 3.75. The minimum Gasteiger partial charge on any atom is -0.342 e. The van der Waals surface area contributed by atoms with Crippen molar-refractivity contribution >= 4 is 21.7 Å². The topological polar surface area (TPSA) is 83.6 Å². The summed E-state index contributed by atoms with van der Waals surface area (Å²) in [6.07, 6.45) is 2.35. The largest absolute Gasteiger partial charge is 0.342 e. The summed E-state index contributed by atoms with van der Waals surface area (Å²) in [6.45, 7) is 7.44. The molecule has 0 radical (unpaired) electrons. The first-order chi connectivity index (χ1) is 9.56. The molecular weight excluding hydrogens is 292 g/mol. The van der Waals surface area contributed by atoms with Crippen LogP contribution in [-0.2, 0) is 19.4 Å². The molecule has 0 saturated carbocycles. The normalized spacial score (nSPS) is 28.4. The van der Waals surface area contributed by atoms with E-state index in [1.54, 1.807) is 6.92 Å². The molecule has 1 N–H and O–H groups in total. The van der Waals surface area contributed by atoms with E-state index < -0.39 is 21.4 Å². The maximum atomic E-state index is 12.7. The average molecular weight is 318 g/mol.